The van der Waals surface area contributed by atoms with E-state index in [1.165, 1.54) is 35.2 Å². The van der Waals surface area contributed by atoms with Crippen molar-refractivity contribution in [3.63, 3.8) is 0 Å². The Kier molecular flexibility index (Phi) is 5.58. The highest BCUT2D eigenvalue weighted by molar-refractivity contribution is 6.30. The SMILES string of the molecule is O=C(CCCc1cc(F)cc(Cl)c1)[C@@]1(O)CCN(c2cccc(F)c2)C1=O. The fourth-order valence-corrected chi connectivity index (χ4v) is 3.51. The number of carbonyl (C=O) groups excluding carboxylic acids is 2. The predicted molar refractivity (Wildman–Crippen MR) is 97.7 cm³/mol. The Morgan fingerprint density at radius 1 is 1.19 bits per heavy atom. The monoisotopic (exact) mass is 393 g/mol. The number of anilines is 1. The largest absolute Gasteiger partial charge is 0.373 e. The molecule has 1 N–H and O–H groups in total. The second kappa shape index (κ2) is 7.74. The van der Waals surface area contributed by atoms with Gasteiger partial charge in [-0.2, -0.15) is 0 Å². The van der Waals surface area contributed by atoms with Gasteiger partial charge in [-0.05, 0) is 54.8 Å². The number of hydrogen-bond acceptors (Lipinski definition) is 3. The fourth-order valence-electron chi connectivity index (χ4n) is 3.27. The van der Waals surface area contributed by atoms with E-state index in [-0.39, 0.29) is 24.4 Å². The van der Waals surface area contributed by atoms with E-state index in [0.717, 1.165) is 0 Å². The summed E-state index contributed by atoms with van der Waals surface area (Å²) in [6, 6.07) is 9.57. The minimum Gasteiger partial charge on any atom is -0.373 e. The molecule has 1 heterocycles. The first kappa shape index (κ1) is 19.5. The average molecular weight is 394 g/mol. The molecule has 142 valence electrons. The van der Waals surface area contributed by atoms with Crippen molar-refractivity contribution in [2.75, 3.05) is 11.4 Å². The predicted octanol–water partition coefficient (Wildman–Crippen LogP) is 3.68. The van der Waals surface area contributed by atoms with Gasteiger partial charge in [0, 0.05) is 30.1 Å². The fraction of sp³-hybridized carbons (Fsp3) is 0.300. The van der Waals surface area contributed by atoms with Gasteiger partial charge in [-0.25, -0.2) is 8.78 Å². The topological polar surface area (TPSA) is 57.6 Å². The van der Waals surface area contributed by atoms with Crippen molar-refractivity contribution in [3.8, 4) is 0 Å². The number of halogens is 3. The average Bonchev–Trinajstić information content (AvgIpc) is 2.90. The Hall–Kier alpha value is -2.31. The van der Waals surface area contributed by atoms with Crippen LogP contribution < -0.4 is 4.90 Å². The lowest BCUT2D eigenvalue weighted by atomic mass is 9.92. The van der Waals surface area contributed by atoms with Crippen LogP contribution in [0.5, 0.6) is 0 Å². The number of carbonyl (C=O) groups is 2. The molecule has 7 heteroatoms. The Balaban J connectivity index is 1.63. The van der Waals surface area contributed by atoms with Crippen LogP contribution in [0.4, 0.5) is 14.5 Å². The zero-order chi connectivity index (χ0) is 19.6. The van der Waals surface area contributed by atoms with E-state index in [4.69, 9.17) is 11.6 Å². The number of aryl methyl sites for hydroxylation is 1. The van der Waals surface area contributed by atoms with Crippen molar-refractivity contribution in [2.45, 2.75) is 31.3 Å². The van der Waals surface area contributed by atoms with Crippen LogP contribution in [-0.2, 0) is 16.0 Å². The molecule has 0 radical (unpaired) electrons. The van der Waals surface area contributed by atoms with Gasteiger partial charge in [-0.3, -0.25) is 9.59 Å². The quantitative estimate of drug-likeness (QED) is 0.762. The van der Waals surface area contributed by atoms with E-state index in [1.807, 2.05) is 0 Å². The molecule has 1 fully saturated rings. The first-order valence-corrected chi connectivity index (χ1v) is 8.95. The van der Waals surface area contributed by atoms with Crippen LogP contribution in [0.3, 0.4) is 0 Å². The van der Waals surface area contributed by atoms with E-state index in [9.17, 15) is 23.5 Å². The number of hydrogen-bond donors (Lipinski definition) is 1. The molecule has 1 atom stereocenters. The minimum absolute atomic E-state index is 0.0344. The number of nitrogens with zero attached hydrogens (tertiary/aromatic N) is 1. The standard InChI is InChI=1S/C20H18ClF2NO3/c21-14-9-13(10-16(23)11-14)3-1-6-18(25)20(27)7-8-24(19(20)26)17-5-2-4-15(22)12-17/h2,4-5,9-12,27H,1,3,6-8H2/t20-/m0/s1. The molecule has 0 unspecified atom stereocenters. The maximum atomic E-state index is 13.4. The second-order valence-electron chi connectivity index (χ2n) is 6.60. The molecule has 4 nitrogen and oxygen atoms in total. The Bertz CT molecular complexity index is 869. The van der Waals surface area contributed by atoms with Crippen LogP contribution in [-0.4, -0.2) is 28.9 Å². The lowest BCUT2D eigenvalue weighted by molar-refractivity contribution is -0.147. The molecule has 1 aliphatic heterocycles. The van der Waals surface area contributed by atoms with Crippen molar-refractivity contribution >= 4 is 29.0 Å². The first-order chi connectivity index (χ1) is 12.8. The molecular weight excluding hydrogens is 376 g/mol. The highest BCUT2D eigenvalue weighted by atomic mass is 35.5. The van der Waals surface area contributed by atoms with E-state index in [1.54, 1.807) is 12.1 Å². The molecule has 0 aliphatic carbocycles. The summed E-state index contributed by atoms with van der Waals surface area (Å²) in [5, 5.41) is 10.9. The molecule has 3 rings (SSSR count). The number of ketones is 1. The van der Waals surface area contributed by atoms with Crippen LogP contribution in [0.1, 0.15) is 24.8 Å². The Labute approximate surface area is 160 Å². The maximum absolute atomic E-state index is 13.4. The van der Waals surface area contributed by atoms with Crippen molar-refractivity contribution in [1.29, 1.82) is 0 Å². The van der Waals surface area contributed by atoms with Gasteiger partial charge in [0.1, 0.15) is 11.6 Å². The van der Waals surface area contributed by atoms with Gasteiger partial charge < -0.3 is 10.0 Å². The number of Topliss-reactive ketones (excluding diaryl/α,β-unsaturated/α-hetero) is 1. The molecule has 0 saturated carbocycles. The van der Waals surface area contributed by atoms with Crippen LogP contribution in [0.25, 0.3) is 0 Å². The van der Waals surface area contributed by atoms with Crippen molar-refractivity contribution in [2.24, 2.45) is 0 Å². The zero-order valence-corrected chi connectivity index (χ0v) is 15.2. The van der Waals surface area contributed by atoms with Gasteiger partial charge in [0.05, 0.1) is 0 Å². The summed E-state index contributed by atoms with van der Waals surface area (Å²) in [4.78, 5) is 26.3. The van der Waals surface area contributed by atoms with Crippen LogP contribution in [0, 0.1) is 11.6 Å². The van der Waals surface area contributed by atoms with Crippen LogP contribution in [0.2, 0.25) is 5.02 Å². The number of aliphatic hydroxyl groups is 1. The van der Waals surface area contributed by atoms with Crippen LogP contribution in [0.15, 0.2) is 42.5 Å². The Morgan fingerprint density at radius 2 is 1.96 bits per heavy atom. The minimum atomic E-state index is -2.11. The van der Waals surface area contributed by atoms with Crippen molar-refractivity contribution in [1.82, 2.24) is 0 Å². The highest BCUT2D eigenvalue weighted by Crippen LogP contribution is 2.30. The maximum Gasteiger partial charge on any atom is 0.266 e. The summed E-state index contributed by atoms with van der Waals surface area (Å²) in [6.45, 7) is 0.129. The summed E-state index contributed by atoms with van der Waals surface area (Å²) in [5.74, 6) is -2.30. The van der Waals surface area contributed by atoms with Crippen molar-refractivity contribution in [3.05, 3.63) is 64.7 Å². The molecule has 1 aliphatic rings. The molecule has 27 heavy (non-hydrogen) atoms. The van der Waals surface area contributed by atoms with Gasteiger partial charge >= 0.3 is 0 Å². The zero-order valence-electron chi connectivity index (χ0n) is 14.4. The Morgan fingerprint density at radius 3 is 2.67 bits per heavy atom. The third kappa shape index (κ3) is 4.17. The van der Waals surface area contributed by atoms with E-state index in [0.29, 0.717) is 24.1 Å². The summed E-state index contributed by atoms with van der Waals surface area (Å²) in [7, 11) is 0. The van der Waals surface area contributed by atoms with Gasteiger partial charge in [0.15, 0.2) is 5.78 Å². The molecule has 0 bridgehead atoms. The molecular formula is C20H18ClF2NO3. The summed E-state index contributed by atoms with van der Waals surface area (Å²) in [5.41, 5.74) is -1.16. The molecule has 0 spiro atoms. The van der Waals surface area contributed by atoms with E-state index in [2.05, 4.69) is 0 Å². The number of benzene rings is 2. The normalized spacial score (nSPS) is 19.6. The number of amides is 1. The summed E-state index contributed by atoms with van der Waals surface area (Å²) in [6.07, 6.45) is 0.648. The molecule has 2 aromatic rings. The molecule has 1 amide bonds. The third-order valence-corrected chi connectivity index (χ3v) is 4.89. The van der Waals surface area contributed by atoms with E-state index >= 15 is 0 Å². The van der Waals surface area contributed by atoms with Crippen LogP contribution >= 0.6 is 11.6 Å². The molecule has 1 saturated heterocycles. The lowest BCUT2D eigenvalue weighted by Gasteiger charge is -2.21. The van der Waals surface area contributed by atoms with Gasteiger partial charge in [0.2, 0.25) is 5.60 Å². The second-order valence-corrected chi connectivity index (χ2v) is 7.04. The first-order valence-electron chi connectivity index (χ1n) is 8.58. The van der Waals surface area contributed by atoms with Crippen molar-refractivity contribution < 1.29 is 23.5 Å². The lowest BCUT2D eigenvalue weighted by Crippen LogP contribution is -2.46. The van der Waals surface area contributed by atoms with Gasteiger partial charge in [0.25, 0.3) is 5.91 Å². The van der Waals surface area contributed by atoms with Gasteiger partial charge in [-0.15, -0.1) is 0 Å². The smallest absolute Gasteiger partial charge is 0.266 e. The summed E-state index contributed by atoms with van der Waals surface area (Å²) < 4.78 is 26.7. The highest BCUT2D eigenvalue weighted by Gasteiger charge is 2.50. The van der Waals surface area contributed by atoms with E-state index < -0.39 is 28.9 Å². The number of rotatable bonds is 6. The third-order valence-electron chi connectivity index (χ3n) is 4.67. The summed E-state index contributed by atoms with van der Waals surface area (Å²) >= 11 is 5.80. The molecule has 2 aromatic carbocycles. The molecule has 0 aromatic heterocycles. The van der Waals surface area contributed by atoms with Gasteiger partial charge in [-0.1, -0.05) is 17.7 Å².